The van der Waals surface area contributed by atoms with E-state index in [0.717, 1.165) is 5.57 Å². The molecule has 1 aliphatic rings. The zero-order valence-electron chi connectivity index (χ0n) is 11.1. The fraction of sp³-hybridized carbons (Fsp3) is 0.692. The van der Waals surface area contributed by atoms with Crippen molar-refractivity contribution in [2.45, 2.75) is 40.7 Å². The molecule has 1 saturated carbocycles. The first kappa shape index (κ1) is 13.7. The van der Waals surface area contributed by atoms with Crippen molar-refractivity contribution in [2.24, 2.45) is 22.4 Å². The predicted octanol–water partition coefficient (Wildman–Crippen LogP) is 2.70. The molecule has 0 bridgehead atoms. The van der Waals surface area contributed by atoms with Crippen LogP contribution in [0, 0.1) is 17.3 Å². The van der Waals surface area contributed by atoms with Crippen molar-refractivity contribution < 1.29 is 14.7 Å². The van der Waals surface area contributed by atoms with Gasteiger partial charge in [-0.15, -0.1) is 0 Å². The van der Waals surface area contributed by atoms with Gasteiger partial charge in [0.05, 0.1) is 12.1 Å². The lowest BCUT2D eigenvalue weighted by Crippen LogP contribution is -2.03. The smallest absolute Gasteiger partial charge is 0.307 e. The van der Waals surface area contributed by atoms with Crippen LogP contribution in [0.1, 0.15) is 34.6 Å². The lowest BCUT2D eigenvalue weighted by atomic mass is 10.1. The maximum Gasteiger partial charge on any atom is 0.307 e. The van der Waals surface area contributed by atoms with Crippen LogP contribution in [0.4, 0.5) is 0 Å². The monoisotopic (exact) mass is 239 g/mol. The fourth-order valence-corrected chi connectivity index (χ4v) is 2.02. The summed E-state index contributed by atoms with van der Waals surface area (Å²) in [7, 11) is 0. The molecule has 1 fully saturated rings. The van der Waals surface area contributed by atoms with E-state index in [9.17, 15) is 4.79 Å². The molecule has 0 unspecified atom stereocenters. The summed E-state index contributed by atoms with van der Waals surface area (Å²) in [5.74, 6) is -0.915. The summed E-state index contributed by atoms with van der Waals surface area (Å²) < 4.78 is 0. The first-order valence-electron chi connectivity index (χ1n) is 5.87. The van der Waals surface area contributed by atoms with E-state index in [1.54, 1.807) is 6.21 Å². The van der Waals surface area contributed by atoms with Crippen LogP contribution in [0.3, 0.4) is 0 Å². The van der Waals surface area contributed by atoms with E-state index in [-0.39, 0.29) is 23.4 Å². The van der Waals surface area contributed by atoms with E-state index in [1.165, 1.54) is 0 Å². The second-order valence-electron chi connectivity index (χ2n) is 5.46. The van der Waals surface area contributed by atoms with Gasteiger partial charge in [-0.1, -0.05) is 25.1 Å². The third-order valence-electron chi connectivity index (χ3n) is 3.15. The Bertz CT molecular complexity index is 356. The van der Waals surface area contributed by atoms with Gasteiger partial charge in [-0.25, -0.2) is 0 Å². The van der Waals surface area contributed by atoms with Crippen molar-refractivity contribution in [1.29, 1.82) is 0 Å². The molecule has 0 aromatic rings. The largest absolute Gasteiger partial charge is 0.481 e. The SMILES string of the molecule is CC(=C[C@@H]1[C@@H](C(=O)O)C1(C)C)/C=N/OC(C)C. The van der Waals surface area contributed by atoms with Gasteiger partial charge in [0.15, 0.2) is 0 Å². The van der Waals surface area contributed by atoms with Crippen LogP contribution in [-0.2, 0) is 9.63 Å². The predicted molar refractivity (Wildman–Crippen MR) is 66.9 cm³/mol. The zero-order valence-corrected chi connectivity index (χ0v) is 11.1. The molecule has 17 heavy (non-hydrogen) atoms. The van der Waals surface area contributed by atoms with Gasteiger partial charge >= 0.3 is 5.97 Å². The first-order chi connectivity index (χ1) is 7.76. The summed E-state index contributed by atoms with van der Waals surface area (Å²) in [6.45, 7) is 9.66. The Labute approximate surface area is 102 Å². The van der Waals surface area contributed by atoms with Gasteiger partial charge in [-0.2, -0.15) is 0 Å². The minimum absolute atomic E-state index is 0.0585. The number of carboxylic acids is 1. The molecule has 0 saturated heterocycles. The van der Waals surface area contributed by atoms with Crippen LogP contribution in [-0.4, -0.2) is 23.4 Å². The minimum Gasteiger partial charge on any atom is -0.481 e. The Morgan fingerprint density at radius 3 is 2.47 bits per heavy atom. The van der Waals surface area contributed by atoms with Crippen molar-refractivity contribution in [3.63, 3.8) is 0 Å². The van der Waals surface area contributed by atoms with Gasteiger partial charge < -0.3 is 9.94 Å². The summed E-state index contributed by atoms with van der Waals surface area (Å²) >= 11 is 0. The molecule has 1 N–H and O–H groups in total. The second kappa shape index (κ2) is 4.90. The molecule has 0 heterocycles. The van der Waals surface area contributed by atoms with Crippen LogP contribution >= 0.6 is 0 Å². The van der Waals surface area contributed by atoms with E-state index >= 15 is 0 Å². The molecule has 0 aromatic heterocycles. The Kier molecular flexibility index (Phi) is 3.96. The molecule has 0 aliphatic heterocycles. The Hall–Kier alpha value is -1.32. The van der Waals surface area contributed by atoms with Crippen LogP contribution < -0.4 is 0 Å². The summed E-state index contributed by atoms with van der Waals surface area (Å²) in [5.41, 5.74) is 0.785. The molecule has 0 aromatic carbocycles. The number of carbonyl (C=O) groups is 1. The quantitative estimate of drug-likeness (QED) is 0.592. The number of nitrogens with zero attached hydrogens (tertiary/aromatic N) is 1. The number of hydrogen-bond donors (Lipinski definition) is 1. The zero-order chi connectivity index (χ0) is 13.2. The van der Waals surface area contributed by atoms with Crippen molar-refractivity contribution in [3.8, 4) is 0 Å². The van der Waals surface area contributed by atoms with Gasteiger partial charge in [-0.05, 0) is 37.7 Å². The topological polar surface area (TPSA) is 58.9 Å². The highest BCUT2D eigenvalue weighted by Crippen LogP contribution is 2.59. The van der Waals surface area contributed by atoms with E-state index in [0.29, 0.717) is 0 Å². The molecular weight excluding hydrogens is 218 g/mol. The molecule has 2 atom stereocenters. The fourth-order valence-electron chi connectivity index (χ4n) is 2.02. The summed E-state index contributed by atoms with van der Waals surface area (Å²) in [6, 6.07) is 0. The minimum atomic E-state index is -0.723. The standard InChI is InChI=1S/C13H21NO3/c1-8(2)17-14-7-9(3)6-10-11(12(15)16)13(10,4)5/h6-8,10-11H,1-5H3,(H,15,16)/b9-6?,14-7+/t10-,11+/m1/s1. The van der Waals surface area contributed by atoms with E-state index < -0.39 is 5.97 Å². The Morgan fingerprint density at radius 1 is 1.47 bits per heavy atom. The molecule has 0 radical (unpaired) electrons. The van der Waals surface area contributed by atoms with Gasteiger partial charge in [-0.3, -0.25) is 4.79 Å². The van der Waals surface area contributed by atoms with Crippen LogP contribution in [0.2, 0.25) is 0 Å². The average Bonchev–Trinajstić information content (AvgIpc) is 2.67. The number of rotatable bonds is 5. The Morgan fingerprint density at radius 2 is 2.06 bits per heavy atom. The van der Waals surface area contributed by atoms with Gasteiger partial charge in [0.1, 0.15) is 6.10 Å². The highest BCUT2D eigenvalue weighted by molar-refractivity contribution is 5.80. The second-order valence-corrected chi connectivity index (χ2v) is 5.46. The third kappa shape index (κ3) is 3.32. The molecule has 4 nitrogen and oxygen atoms in total. The number of aliphatic carboxylic acids is 1. The molecule has 0 amide bonds. The van der Waals surface area contributed by atoms with Crippen LogP contribution in [0.5, 0.6) is 0 Å². The highest BCUT2D eigenvalue weighted by Gasteiger charge is 2.60. The number of oxime groups is 1. The van der Waals surface area contributed by atoms with Gasteiger partial charge in [0.2, 0.25) is 0 Å². The lowest BCUT2D eigenvalue weighted by Gasteiger charge is -2.00. The normalized spacial score (nSPS) is 27.5. The molecule has 0 spiro atoms. The van der Waals surface area contributed by atoms with E-state index in [1.807, 2.05) is 40.7 Å². The van der Waals surface area contributed by atoms with Crippen molar-refractivity contribution >= 4 is 12.2 Å². The van der Waals surface area contributed by atoms with Gasteiger partial charge in [0.25, 0.3) is 0 Å². The summed E-state index contributed by atoms with van der Waals surface area (Å²) in [4.78, 5) is 16.0. The summed E-state index contributed by atoms with van der Waals surface area (Å²) in [6.07, 6.45) is 3.66. The molecular formula is C13H21NO3. The van der Waals surface area contributed by atoms with Gasteiger partial charge in [0, 0.05) is 0 Å². The van der Waals surface area contributed by atoms with Crippen molar-refractivity contribution in [3.05, 3.63) is 11.6 Å². The molecule has 4 heteroatoms. The number of carboxylic acid groups (broad SMARTS) is 1. The summed E-state index contributed by atoms with van der Waals surface area (Å²) in [5, 5.41) is 12.9. The highest BCUT2D eigenvalue weighted by atomic mass is 16.6. The lowest BCUT2D eigenvalue weighted by molar-refractivity contribution is -0.139. The first-order valence-corrected chi connectivity index (χ1v) is 5.87. The van der Waals surface area contributed by atoms with Crippen molar-refractivity contribution in [1.82, 2.24) is 0 Å². The molecule has 1 aliphatic carbocycles. The van der Waals surface area contributed by atoms with Crippen LogP contribution in [0.15, 0.2) is 16.8 Å². The maximum atomic E-state index is 11.0. The van der Waals surface area contributed by atoms with Crippen molar-refractivity contribution in [2.75, 3.05) is 0 Å². The number of hydrogen-bond acceptors (Lipinski definition) is 3. The molecule has 1 rings (SSSR count). The average molecular weight is 239 g/mol. The molecule has 96 valence electrons. The van der Waals surface area contributed by atoms with E-state index in [4.69, 9.17) is 9.94 Å². The Balaban J connectivity index is 2.59. The van der Waals surface area contributed by atoms with Crippen LogP contribution in [0.25, 0.3) is 0 Å². The van der Waals surface area contributed by atoms with E-state index in [2.05, 4.69) is 5.16 Å². The maximum absolute atomic E-state index is 11.0. The number of allylic oxidation sites excluding steroid dienone is 2. The third-order valence-corrected chi connectivity index (χ3v) is 3.15.